The molecule has 0 unspecified atom stereocenters. The average Bonchev–Trinajstić information content (AvgIpc) is 2.46. The molecule has 0 saturated carbocycles. The number of nitrogen functional groups attached to an aromatic ring is 1. The Bertz CT molecular complexity index is 594. The number of hydrogen-bond donors (Lipinski definition) is 1. The zero-order valence-electron chi connectivity index (χ0n) is 10.8. The van der Waals surface area contributed by atoms with Crippen LogP contribution in [0.2, 0.25) is 0 Å². The van der Waals surface area contributed by atoms with Gasteiger partial charge in [-0.05, 0) is 13.0 Å². The minimum absolute atomic E-state index is 0.106. The van der Waals surface area contributed by atoms with Crippen molar-refractivity contribution in [1.29, 1.82) is 0 Å². The number of carbonyl (C=O) groups is 1. The van der Waals surface area contributed by atoms with Crippen molar-refractivity contribution < 1.29 is 9.53 Å². The topological polar surface area (TPSA) is 104 Å². The summed E-state index contributed by atoms with van der Waals surface area (Å²) in [6, 6.07) is 1.75. The van der Waals surface area contributed by atoms with E-state index in [0.717, 1.165) is 0 Å². The number of esters is 1. The van der Waals surface area contributed by atoms with Crippen LogP contribution in [-0.4, -0.2) is 32.5 Å². The third-order valence-corrected chi connectivity index (χ3v) is 3.10. The summed E-state index contributed by atoms with van der Waals surface area (Å²) < 4.78 is 4.85. The summed E-state index contributed by atoms with van der Waals surface area (Å²) in [5.74, 6) is 0.788. The molecule has 20 heavy (non-hydrogen) atoms. The van der Waals surface area contributed by atoms with E-state index in [-0.39, 0.29) is 18.0 Å². The van der Waals surface area contributed by atoms with Gasteiger partial charge in [0.1, 0.15) is 17.2 Å². The number of nitrogens with zero attached hydrogens (tertiary/aromatic N) is 4. The molecule has 0 aromatic carbocycles. The smallest absolute Gasteiger partial charge is 0.343 e. The summed E-state index contributed by atoms with van der Waals surface area (Å²) in [5, 5.41) is 0.461. The molecule has 0 fully saturated rings. The van der Waals surface area contributed by atoms with Crippen LogP contribution < -0.4 is 5.73 Å². The molecule has 0 bridgehead atoms. The molecule has 0 saturated heterocycles. The van der Waals surface area contributed by atoms with E-state index in [1.165, 1.54) is 18.0 Å². The molecule has 0 amide bonds. The number of hydrogen-bond acceptors (Lipinski definition) is 8. The Kier molecular flexibility index (Phi) is 4.83. The summed E-state index contributed by atoms with van der Waals surface area (Å²) in [5.41, 5.74) is 5.90. The number of thioether (sulfide) groups is 1. The first-order chi connectivity index (χ1) is 9.70. The molecule has 0 atom stereocenters. The standard InChI is InChI=1S/C12H13N5O2S/c1-2-19-11(18)8-6-16-12(17-10(8)13)20-7-9-14-4-3-5-15-9/h3-6H,2,7H2,1H3,(H2,13,16,17). The van der Waals surface area contributed by atoms with Crippen molar-refractivity contribution in [1.82, 2.24) is 19.9 Å². The van der Waals surface area contributed by atoms with Gasteiger partial charge in [0.2, 0.25) is 0 Å². The lowest BCUT2D eigenvalue weighted by atomic mass is 10.3. The minimum Gasteiger partial charge on any atom is -0.462 e. The van der Waals surface area contributed by atoms with Crippen LogP contribution in [0, 0.1) is 0 Å². The van der Waals surface area contributed by atoms with E-state index in [0.29, 0.717) is 16.7 Å². The van der Waals surface area contributed by atoms with E-state index >= 15 is 0 Å². The van der Waals surface area contributed by atoms with Crippen molar-refractivity contribution in [2.45, 2.75) is 17.8 Å². The molecular formula is C12H13N5O2S. The van der Waals surface area contributed by atoms with Crippen molar-refractivity contribution in [2.75, 3.05) is 12.3 Å². The second-order valence-corrected chi connectivity index (χ2v) is 4.57. The highest BCUT2D eigenvalue weighted by molar-refractivity contribution is 7.98. The number of ether oxygens (including phenoxy) is 1. The van der Waals surface area contributed by atoms with E-state index in [2.05, 4.69) is 19.9 Å². The Morgan fingerprint density at radius 3 is 2.75 bits per heavy atom. The molecule has 2 rings (SSSR count). The maximum Gasteiger partial charge on any atom is 0.343 e. The van der Waals surface area contributed by atoms with Crippen LogP contribution in [0.15, 0.2) is 29.8 Å². The fourth-order valence-electron chi connectivity index (χ4n) is 1.35. The highest BCUT2D eigenvalue weighted by Crippen LogP contribution is 2.19. The highest BCUT2D eigenvalue weighted by atomic mass is 32.2. The third kappa shape index (κ3) is 3.64. The van der Waals surface area contributed by atoms with Gasteiger partial charge in [0.05, 0.1) is 12.4 Å². The van der Waals surface area contributed by atoms with E-state index in [4.69, 9.17) is 10.5 Å². The number of carbonyl (C=O) groups excluding carboxylic acids is 1. The van der Waals surface area contributed by atoms with Gasteiger partial charge in [-0.25, -0.2) is 24.7 Å². The first-order valence-corrected chi connectivity index (χ1v) is 6.87. The molecule has 2 aromatic rings. The molecule has 2 heterocycles. The van der Waals surface area contributed by atoms with Gasteiger partial charge in [-0.2, -0.15) is 0 Å². The van der Waals surface area contributed by atoms with E-state index in [9.17, 15) is 4.79 Å². The summed E-state index contributed by atoms with van der Waals surface area (Å²) >= 11 is 1.34. The summed E-state index contributed by atoms with van der Waals surface area (Å²) in [6.07, 6.45) is 4.71. The molecule has 0 radical (unpaired) electrons. The second kappa shape index (κ2) is 6.80. The zero-order valence-corrected chi connectivity index (χ0v) is 11.6. The van der Waals surface area contributed by atoms with Gasteiger partial charge in [-0.3, -0.25) is 0 Å². The van der Waals surface area contributed by atoms with Crippen LogP contribution in [0.5, 0.6) is 0 Å². The fraction of sp³-hybridized carbons (Fsp3) is 0.250. The molecule has 0 spiro atoms. The van der Waals surface area contributed by atoms with Gasteiger partial charge in [0, 0.05) is 18.6 Å². The fourth-order valence-corrected chi connectivity index (χ4v) is 2.04. The largest absolute Gasteiger partial charge is 0.462 e. The maximum atomic E-state index is 11.5. The SMILES string of the molecule is CCOC(=O)c1cnc(SCc2ncccn2)nc1N. The maximum absolute atomic E-state index is 11.5. The molecular weight excluding hydrogens is 278 g/mol. The van der Waals surface area contributed by atoms with Gasteiger partial charge in [0.15, 0.2) is 5.16 Å². The summed E-state index contributed by atoms with van der Waals surface area (Å²) in [6.45, 7) is 2.00. The van der Waals surface area contributed by atoms with Crippen molar-refractivity contribution in [2.24, 2.45) is 0 Å². The zero-order chi connectivity index (χ0) is 14.4. The van der Waals surface area contributed by atoms with Crippen LogP contribution in [0.4, 0.5) is 5.82 Å². The third-order valence-electron chi connectivity index (χ3n) is 2.24. The van der Waals surface area contributed by atoms with Gasteiger partial charge in [-0.15, -0.1) is 0 Å². The number of anilines is 1. The Hall–Kier alpha value is -2.22. The van der Waals surface area contributed by atoms with Gasteiger partial charge in [0.25, 0.3) is 0 Å². The Balaban J connectivity index is 2.04. The van der Waals surface area contributed by atoms with Gasteiger partial charge < -0.3 is 10.5 Å². The van der Waals surface area contributed by atoms with E-state index < -0.39 is 5.97 Å². The number of rotatable bonds is 5. The Labute approximate surface area is 120 Å². The quantitative estimate of drug-likeness (QED) is 0.499. The second-order valence-electron chi connectivity index (χ2n) is 3.63. The molecule has 0 aliphatic heterocycles. The molecule has 0 aliphatic carbocycles. The van der Waals surface area contributed by atoms with E-state index in [1.54, 1.807) is 25.4 Å². The monoisotopic (exact) mass is 291 g/mol. The lowest BCUT2D eigenvalue weighted by molar-refractivity contribution is 0.0526. The van der Waals surface area contributed by atoms with E-state index in [1.807, 2.05) is 0 Å². The summed E-state index contributed by atoms with van der Waals surface area (Å²) in [7, 11) is 0. The van der Waals surface area contributed by atoms with Crippen LogP contribution in [0.25, 0.3) is 0 Å². The predicted octanol–water partition coefficient (Wildman–Crippen LogP) is 1.32. The summed E-state index contributed by atoms with van der Waals surface area (Å²) in [4.78, 5) is 27.9. The van der Waals surface area contributed by atoms with Crippen molar-refractivity contribution >= 4 is 23.5 Å². The van der Waals surface area contributed by atoms with Gasteiger partial charge in [-0.1, -0.05) is 11.8 Å². The van der Waals surface area contributed by atoms with Crippen molar-refractivity contribution in [3.8, 4) is 0 Å². The predicted molar refractivity (Wildman–Crippen MR) is 74.0 cm³/mol. The normalized spacial score (nSPS) is 10.2. The molecule has 8 heteroatoms. The lowest BCUT2D eigenvalue weighted by Gasteiger charge is -2.05. The van der Waals surface area contributed by atoms with Crippen molar-refractivity contribution in [3.05, 3.63) is 36.0 Å². The first-order valence-electron chi connectivity index (χ1n) is 5.89. The van der Waals surface area contributed by atoms with Crippen LogP contribution in [-0.2, 0) is 10.5 Å². The van der Waals surface area contributed by atoms with Gasteiger partial charge >= 0.3 is 5.97 Å². The van der Waals surface area contributed by atoms with Crippen LogP contribution >= 0.6 is 11.8 Å². The molecule has 2 aromatic heterocycles. The molecule has 7 nitrogen and oxygen atoms in total. The Morgan fingerprint density at radius 1 is 1.35 bits per heavy atom. The van der Waals surface area contributed by atoms with Crippen molar-refractivity contribution in [3.63, 3.8) is 0 Å². The lowest BCUT2D eigenvalue weighted by Crippen LogP contribution is -2.10. The Morgan fingerprint density at radius 2 is 2.10 bits per heavy atom. The van der Waals surface area contributed by atoms with Crippen LogP contribution in [0.1, 0.15) is 23.1 Å². The van der Waals surface area contributed by atoms with Crippen LogP contribution in [0.3, 0.4) is 0 Å². The minimum atomic E-state index is -0.520. The average molecular weight is 291 g/mol. The number of nitrogens with two attached hydrogens (primary N) is 1. The number of aromatic nitrogens is 4. The molecule has 2 N–H and O–H groups in total. The molecule has 104 valence electrons. The highest BCUT2D eigenvalue weighted by Gasteiger charge is 2.13. The molecule has 0 aliphatic rings. The first kappa shape index (κ1) is 14.2.